The van der Waals surface area contributed by atoms with Gasteiger partial charge in [-0.25, -0.2) is 4.20 Å². The predicted molar refractivity (Wildman–Crippen MR) is 76.4 cm³/mol. The van der Waals surface area contributed by atoms with E-state index in [1.807, 2.05) is 0 Å². The van der Waals surface area contributed by atoms with Crippen molar-refractivity contribution in [2.75, 3.05) is 0 Å². The molecule has 1 unspecified atom stereocenters. The van der Waals surface area contributed by atoms with Gasteiger partial charge in [0, 0.05) is 26.9 Å². The molecule has 0 aliphatic rings. The van der Waals surface area contributed by atoms with Crippen molar-refractivity contribution in [3.05, 3.63) is 45.4 Å². The molecule has 18 heavy (non-hydrogen) atoms. The number of rotatable bonds is 0. The van der Waals surface area contributed by atoms with Gasteiger partial charge >= 0.3 is 7.65 Å². The van der Waals surface area contributed by atoms with Gasteiger partial charge in [-0.3, -0.25) is 0 Å². The molecular formula is C12H5Cl3O2P+. The molecule has 0 amide bonds. The molecule has 0 aliphatic heterocycles. The standard InChI is InChI=1S/C12H5Cl3O2P/c13-6-1-2-8-9-3-7(14)4-10(15)12(9)17-18(16)11(8)5-6/h1-5H/q+1. The van der Waals surface area contributed by atoms with Gasteiger partial charge in [-0.1, -0.05) is 34.8 Å². The number of fused-ring (bicyclic) bond motifs is 3. The maximum absolute atomic E-state index is 12.0. The summed E-state index contributed by atoms with van der Waals surface area (Å²) in [5, 5.41) is 3.43. The fraction of sp³-hybridized carbons (Fsp3) is 0. The van der Waals surface area contributed by atoms with Crippen molar-refractivity contribution in [3.8, 4) is 0 Å². The minimum absolute atomic E-state index is 0.349. The van der Waals surface area contributed by atoms with E-state index in [1.165, 1.54) is 0 Å². The summed E-state index contributed by atoms with van der Waals surface area (Å²) >= 11 is 17.9. The lowest BCUT2D eigenvalue weighted by molar-refractivity contribution is 0.563. The summed E-state index contributed by atoms with van der Waals surface area (Å²) in [5.41, 5.74) is 0.400. The van der Waals surface area contributed by atoms with Gasteiger partial charge in [0.25, 0.3) is 0 Å². The Labute approximate surface area is 118 Å². The SMILES string of the molecule is O=[p+]1oc2c(Cl)cc(Cl)cc2c2ccc(Cl)cc21. The van der Waals surface area contributed by atoms with Gasteiger partial charge in [-0.15, -0.1) is 0 Å². The molecule has 2 nitrogen and oxygen atoms in total. The Morgan fingerprint density at radius 2 is 1.72 bits per heavy atom. The molecule has 0 radical (unpaired) electrons. The van der Waals surface area contributed by atoms with Crippen molar-refractivity contribution in [2.24, 2.45) is 0 Å². The van der Waals surface area contributed by atoms with Gasteiger partial charge in [0.1, 0.15) is 0 Å². The summed E-state index contributed by atoms with van der Waals surface area (Å²) in [4.78, 5) is 0. The average molecular weight is 319 g/mol. The third-order valence-corrected chi connectivity index (χ3v) is 4.48. The van der Waals surface area contributed by atoms with E-state index in [0.29, 0.717) is 25.8 Å². The summed E-state index contributed by atoms with van der Waals surface area (Å²) < 4.78 is 17.4. The molecule has 90 valence electrons. The van der Waals surface area contributed by atoms with Gasteiger partial charge < -0.3 is 0 Å². The van der Waals surface area contributed by atoms with Crippen LogP contribution in [0.3, 0.4) is 0 Å². The smallest absolute Gasteiger partial charge is 0.248 e. The van der Waals surface area contributed by atoms with Crippen LogP contribution in [0, 0.1) is 0 Å². The molecule has 6 heteroatoms. The molecule has 0 N–H and O–H groups in total. The van der Waals surface area contributed by atoms with Crippen molar-refractivity contribution < 1.29 is 8.76 Å². The van der Waals surface area contributed by atoms with Crippen molar-refractivity contribution in [1.29, 1.82) is 0 Å². The molecule has 1 atom stereocenters. The fourth-order valence-corrected chi connectivity index (χ4v) is 3.80. The lowest BCUT2D eigenvalue weighted by Crippen LogP contribution is -1.78. The summed E-state index contributed by atoms with van der Waals surface area (Å²) in [6.45, 7) is 0. The first-order chi connectivity index (χ1) is 8.56. The van der Waals surface area contributed by atoms with Gasteiger partial charge in [-0.05, 0) is 28.8 Å². The second-order valence-corrected chi connectivity index (χ2v) is 6.23. The Hall–Kier alpha value is -0.790. The maximum Gasteiger partial charge on any atom is 0.598 e. The Bertz CT molecular complexity index is 842. The zero-order chi connectivity index (χ0) is 12.9. The zero-order valence-corrected chi connectivity index (χ0v) is 11.9. The van der Waals surface area contributed by atoms with Crippen LogP contribution in [0.5, 0.6) is 0 Å². The third kappa shape index (κ3) is 1.90. The van der Waals surface area contributed by atoms with Crippen molar-refractivity contribution in [2.45, 2.75) is 0 Å². The molecule has 0 spiro atoms. The van der Waals surface area contributed by atoms with Gasteiger partial charge in [-0.2, -0.15) is 0 Å². The number of halogens is 3. The summed E-state index contributed by atoms with van der Waals surface area (Å²) in [5.74, 6) is 0. The number of benzene rings is 2. The minimum atomic E-state index is -2.00. The molecule has 0 fully saturated rings. The fourth-order valence-electron chi connectivity index (χ4n) is 1.87. The van der Waals surface area contributed by atoms with E-state index < -0.39 is 7.65 Å². The van der Waals surface area contributed by atoms with Crippen LogP contribution in [-0.2, 0) is 4.57 Å². The van der Waals surface area contributed by atoms with E-state index in [9.17, 15) is 4.57 Å². The first-order valence-corrected chi connectivity index (χ1v) is 7.31. The second-order valence-electron chi connectivity index (χ2n) is 3.77. The molecule has 2 aromatic carbocycles. The third-order valence-electron chi connectivity index (χ3n) is 2.63. The van der Waals surface area contributed by atoms with Crippen LogP contribution in [0.4, 0.5) is 0 Å². The normalized spacial score (nSPS) is 12.3. The van der Waals surface area contributed by atoms with Crippen LogP contribution in [0.15, 0.2) is 34.5 Å². The van der Waals surface area contributed by atoms with Crippen LogP contribution >= 0.6 is 42.5 Å². The minimum Gasteiger partial charge on any atom is -0.248 e. The zero-order valence-electron chi connectivity index (χ0n) is 8.78. The topological polar surface area (TPSA) is 30.2 Å². The summed E-state index contributed by atoms with van der Waals surface area (Å²) in [6.07, 6.45) is 0. The molecule has 0 saturated carbocycles. The van der Waals surface area contributed by atoms with E-state index >= 15 is 0 Å². The average Bonchev–Trinajstić information content (AvgIpc) is 2.31. The van der Waals surface area contributed by atoms with Crippen LogP contribution in [0.1, 0.15) is 0 Å². The van der Waals surface area contributed by atoms with E-state index in [0.717, 1.165) is 10.8 Å². The lowest BCUT2D eigenvalue weighted by Gasteiger charge is -1.99. The maximum atomic E-state index is 12.0. The van der Waals surface area contributed by atoms with Crippen LogP contribution < -0.4 is 0 Å². The summed E-state index contributed by atoms with van der Waals surface area (Å²) in [7, 11) is -2.00. The molecular weight excluding hydrogens is 313 g/mol. The van der Waals surface area contributed by atoms with E-state index in [2.05, 4.69) is 0 Å². The number of hydrogen-bond acceptors (Lipinski definition) is 2. The Balaban J connectivity index is 2.65. The Morgan fingerprint density at radius 3 is 2.50 bits per heavy atom. The van der Waals surface area contributed by atoms with Crippen LogP contribution in [0.2, 0.25) is 15.1 Å². The van der Waals surface area contributed by atoms with Crippen molar-refractivity contribution >= 4 is 63.9 Å². The van der Waals surface area contributed by atoms with Crippen LogP contribution in [0.25, 0.3) is 21.5 Å². The molecule has 0 bridgehead atoms. The van der Waals surface area contributed by atoms with Crippen LogP contribution in [-0.4, -0.2) is 0 Å². The quantitative estimate of drug-likeness (QED) is 0.456. The molecule has 0 saturated heterocycles. The first kappa shape index (κ1) is 12.3. The molecule has 1 heterocycles. The Morgan fingerprint density at radius 1 is 0.944 bits per heavy atom. The van der Waals surface area contributed by atoms with E-state index in [1.54, 1.807) is 30.3 Å². The molecule has 0 aliphatic carbocycles. The highest BCUT2D eigenvalue weighted by molar-refractivity contribution is 7.37. The largest absolute Gasteiger partial charge is 0.598 e. The molecule has 3 aromatic rings. The predicted octanol–water partition coefficient (Wildman–Crippen LogP) is 6.29. The van der Waals surface area contributed by atoms with E-state index in [4.69, 9.17) is 39.0 Å². The number of hydrogen-bond donors (Lipinski definition) is 0. The highest BCUT2D eigenvalue weighted by Gasteiger charge is 2.19. The van der Waals surface area contributed by atoms with Gasteiger partial charge in [0.05, 0.1) is 5.02 Å². The van der Waals surface area contributed by atoms with Crippen molar-refractivity contribution in [1.82, 2.24) is 0 Å². The Kier molecular flexibility index (Phi) is 2.99. The highest BCUT2D eigenvalue weighted by Crippen LogP contribution is 2.40. The first-order valence-electron chi connectivity index (χ1n) is 5.00. The van der Waals surface area contributed by atoms with Crippen molar-refractivity contribution in [3.63, 3.8) is 0 Å². The highest BCUT2D eigenvalue weighted by atomic mass is 35.5. The molecule has 3 rings (SSSR count). The lowest BCUT2D eigenvalue weighted by atomic mass is 10.1. The summed E-state index contributed by atoms with van der Waals surface area (Å²) in [6, 6.07) is 8.45. The molecule has 1 aromatic heterocycles. The second kappa shape index (κ2) is 4.40. The van der Waals surface area contributed by atoms with Gasteiger partial charge in [0.15, 0.2) is 0 Å². The monoisotopic (exact) mass is 317 g/mol. The van der Waals surface area contributed by atoms with Gasteiger partial charge in [0.2, 0.25) is 10.7 Å². The van der Waals surface area contributed by atoms with E-state index in [-0.39, 0.29) is 0 Å².